The van der Waals surface area contributed by atoms with E-state index in [1.165, 1.54) is 0 Å². The number of carbonyl (C=O) groups is 1. The van der Waals surface area contributed by atoms with Gasteiger partial charge >= 0.3 is 0 Å². The zero-order valence-corrected chi connectivity index (χ0v) is 13.0. The molecule has 2 rings (SSSR count). The van der Waals surface area contributed by atoms with Crippen molar-refractivity contribution in [2.45, 2.75) is 31.3 Å². The van der Waals surface area contributed by atoms with E-state index in [9.17, 15) is 4.79 Å². The molecule has 0 aromatic heterocycles. The summed E-state index contributed by atoms with van der Waals surface area (Å²) in [7, 11) is 0. The van der Waals surface area contributed by atoms with E-state index in [0.29, 0.717) is 10.3 Å². The van der Waals surface area contributed by atoms with Crippen LogP contribution in [0.3, 0.4) is 0 Å². The first-order chi connectivity index (χ1) is 9.02. The van der Waals surface area contributed by atoms with Gasteiger partial charge in [-0.05, 0) is 30.9 Å². The standard InChI is InChI=1S/C14H19ClN2OS/c1-9(19-3)8-17-13(16-10(2)14(17)18)11-5-4-6-12(15)7-11/h4-7,9-10,13,16H,8H2,1-3H3. The lowest BCUT2D eigenvalue weighted by Gasteiger charge is -2.27. The molecule has 1 heterocycles. The molecule has 1 aromatic carbocycles. The second kappa shape index (κ2) is 6.16. The van der Waals surface area contributed by atoms with Gasteiger partial charge in [0, 0.05) is 16.8 Å². The smallest absolute Gasteiger partial charge is 0.241 e. The van der Waals surface area contributed by atoms with Crippen LogP contribution >= 0.6 is 23.4 Å². The molecule has 1 saturated heterocycles. The van der Waals surface area contributed by atoms with Crippen LogP contribution in [0, 0.1) is 0 Å². The lowest BCUT2D eigenvalue weighted by molar-refractivity contribution is -0.129. The lowest BCUT2D eigenvalue weighted by atomic mass is 10.1. The van der Waals surface area contributed by atoms with Gasteiger partial charge in [0.1, 0.15) is 6.17 Å². The summed E-state index contributed by atoms with van der Waals surface area (Å²) >= 11 is 7.81. The third-order valence-corrected chi connectivity index (χ3v) is 4.58. The summed E-state index contributed by atoms with van der Waals surface area (Å²) in [4.78, 5) is 14.2. The Balaban J connectivity index is 2.24. The Labute approximate surface area is 123 Å². The molecular weight excluding hydrogens is 280 g/mol. The minimum Gasteiger partial charge on any atom is -0.320 e. The third-order valence-electron chi connectivity index (χ3n) is 3.39. The Hall–Kier alpha value is -0.710. The van der Waals surface area contributed by atoms with Crippen LogP contribution in [0.25, 0.3) is 0 Å². The van der Waals surface area contributed by atoms with Crippen LogP contribution in [0.15, 0.2) is 24.3 Å². The average Bonchev–Trinajstić information content (AvgIpc) is 2.67. The molecule has 3 unspecified atom stereocenters. The van der Waals surface area contributed by atoms with Crippen molar-refractivity contribution in [2.75, 3.05) is 12.8 Å². The van der Waals surface area contributed by atoms with Gasteiger partial charge in [-0.15, -0.1) is 0 Å². The zero-order chi connectivity index (χ0) is 14.0. The van der Waals surface area contributed by atoms with Crippen molar-refractivity contribution in [1.29, 1.82) is 0 Å². The van der Waals surface area contributed by atoms with Gasteiger partial charge in [-0.25, -0.2) is 0 Å². The molecule has 0 aliphatic carbocycles. The monoisotopic (exact) mass is 298 g/mol. The number of nitrogens with one attached hydrogen (secondary N) is 1. The van der Waals surface area contributed by atoms with Crippen molar-refractivity contribution >= 4 is 29.3 Å². The normalized spacial score (nSPS) is 24.8. The second-order valence-electron chi connectivity index (χ2n) is 4.88. The Morgan fingerprint density at radius 3 is 2.89 bits per heavy atom. The summed E-state index contributed by atoms with van der Waals surface area (Å²) in [6.07, 6.45) is 1.99. The van der Waals surface area contributed by atoms with E-state index >= 15 is 0 Å². The van der Waals surface area contributed by atoms with Crippen LogP contribution < -0.4 is 5.32 Å². The van der Waals surface area contributed by atoms with E-state index < -0.39 is 0 Å². The second-order valence-corrected chi connectivity index (χ2v) is 6.60. The maximum Gasteiger partial charge on any atom is 0.241 e. The summed E-state index contributed by atoms with van der Waals surface area (Å²) in [6, 6.07) is 7.55. The van der Waals surface area contributed by atoms with E-state index in [1.807, 2.05) is 36.1 Å². The molecule has 0 saturated carbocycles. The van der Waals surface area contributed by atoms with Gasteiger partial charge in [0.2, 0.25) is 5.91 Å². The van der Waals surface area contributed by atoms with Crippen LogP contribution in [-0.4, -0.2) is 34.9 Å². The van der Waals surface area contributed by atoms with Crippen molar-refractivity contribution in [2.24, 2.45) is 0 Å². The first-order valence-corrected chi connectivity index (χ1v) is 8.04. The molecule has 5 heteroatoms. The number of nitrogens with zero attached hydrogens (tertiary/aromatic N) is 1. The zero-order valence-electron chi connectivity index (χ0n) is 11.4. The number of carbonyl (C=O) groups excluding carboxylic acids is 1. The molecule has 1 N–H and O–H groups in total. The molecule has 3 atom stereocenters. The summed E-state index contributed by atoms with van der Waals surface area (Å²) < 4.78 is 0. The Morgan fingerprint density at radius 1 is 1.53 bits per heavy atom. The van der Waals surface area contributed by atoms with Crippen molar-refractivity contribution in [3.63, 3.8) is 0 Å². The summed E-state index contributed by atoms with van der Waals surface area (Å²) in [5.41, 5.74) is 1.04. The number of hydrogen-bond donors (Lipinski definition) is 1. The van der Waals surface area contributed by atoms with E-state index in [4.69, 9.17) is 11.6 Å². The van der Waals surface area contributed by atoms with Gasteiger partial charge in [0.25, 0.3) is 0 Å². The Kier molecular flexibility index (Phi) is 4.76. The highest BCUT2D eigenvalue weighted by Crippen LogP contribution is 2.28. The third kappa shape index (κ3) is 3.25. The summed E-state index contributed by atoms with van der Waals surface area (Å²) in [6.45, 7) is 4.79. The predicted molar refractivity (Wildman–Crippen MR) is 81.5 cm³/mol. The fraction of sp³-hybridized carbons (Fsp3) is 0.500. The van der Waals surface area contributed by atoms with Crippen molar-refractivity contribution in [1.82, 2.24) is 10.2 Å². The number of amides is 1. The molecule has 0 spiro atoms. The Morgan fingerprint density at radius 2 is 2.26 bits per heavy atom. The van der Waals surface area contributed by atoms with E-state index in [2.05, 4.69) is 18.5 Å². The average molecular weight is 299 g/mol. The van der Waals surface area contributed by atoms with Gasteiger partial charge < -0.3 is 4.90 Å². The molecular formula is C14H19ClN2OS. The molecule has 0 radical (unpaired) electrons. The van der Waals surface area contributed by atoms with Crippen LogP contribution in [-0.2, 0) is 4.79 Å². The highest BCUT2D eigenvalue weighted by molar-refractivity contribution is 7.99. The number of benzene rings is 1. The first-order valence-electron chi connectivity index (χ1n) is 6.37. The fourth-order valence-corrected chi connectivity index (χ4v) is 2.78. The SMILES string of the molecule is CSC(C)CN1C(=O)C(C)NC1c1cccc(Cl)c1. The number of rotatable bonds is 4. The molecule has 1 amide bonds. The maximum atomic E-state index is 12.2. The number of halogens is 1. The van der Waals surface area contributed by atoms with E-state index in [1.54, 1.807) is 11.8 Å². The molecule has 0 bridgehead atoms. The van der Waals surface area contributed by atoms with Crippen LogP contribution in [0.4, 0.5) is 0 Å². The molecule has 1 aromatic rings. The van der Waals surface area contributed by atoms with Crippen molar-refractivity contribution in [3.8, 4) is 0 Å². The summed E-state index contributed by atoms with van der Waals surface area (Å²) in [5, 5.41) is 4.45. The van der Waals surface area contributed by atoms with E-state index in [0.717, 1.165) is 12.1 Å². The van der Waals surface area contributed by atoms with Crippen LogP contribution in [0.5, 0.6) is 0 Å². The molecule has 1 aliphatic heterocycles. The van der Waals surface area contributed by atoms with Gasteiger partial charge in [-0.2, -0.15) is 11.8 Å². The van der Waals surface area contributed by atoms with Crippen LogP contribution in [0.1, 0.15) is 25.6 Å². The number of thioether (sulfide) groups is 1. The summed E-state index contributed by atoms with van der Waals surface area (Å²) in [5.74, 6) is 0.158. The predicted octanol–water partition coefficient (Wildman–Crippen LogP) is 2.91. The highest BCUT2D eigenvalue weighted by atomic mass is 35.5. The van der Waals surface area contributed by atoms with Crippen LogP contribution in [0.2, 0.25) is 5.02 Å². The molecule has 1 fully saturated rings. The van der Waals surface area contributed by atoms with Gasteiger partial charge in [0.15, 0.2) is 0 Å². The quantitative estimate of drug-likeness (QED) is 0.927. The van der Waals surface area contributed by atoms with Crippen molar-refractivity contribution < 1.29 is 4.79 Å². The largest absolute Gasteiger partial charge is 0.320 e. The fourth-order valence-electron chi connectivity index (χ4n) is 2.27. The maximum absolute atomic E-state index is 12.2. The number of hydrogen-bond acceptors (Lipinski definition) is 3. The topological polar surface area (TPSA) is 32.3 Å². The lowest BCUT2D eigenvalue weighted by Crippen LogP contribution is -2.35. The molecule has 1 aliphatic rings. The van der Waals surface area contributed by atoms with E-state index in [-0.39, 0.29) is 18.1 Å². The van der Waals surface area contributed by atoms with Gasteiger partial charge in [-0.1, -0.05) is 30.7 Å². The molecule has 3 nitrogen and oxygen atoms in total. The van der Waals surface area contributed by atoms with Gasteiger partial charge in [0.05, 0.1) is 6.04 Å². The van der Waals surface area contributed by atoms with Gasteiger partial charge in [-0.3, -0.25) is 10.1 Å². The Bertz CT molecular complexity index is 469. The minimum absolute atomic E-state index is 0.0733. The minimum atomic E-state index is -0.141. The molecule has 19 heavy (non-hydrogen) atoms. The van der Waals surface area contributed by atoms with Crippen molar-refractivity contribution in [3.05, 3.63) is 34.9 Å². The highest BCUT2D eigenvalue weighted by Gasteiger charge is 2.37. The molecule has 104 valence electrons. The first kappa shape index (κ1) is 14.7.